The minimum atomic E-state index is -0.308. The molecule has 33 heavy (non-hydrogen) atoms. The van der Waals surface area contributed by atoms with E-state index in [1.165, 1.54) is 11.3 Å². The summed E-state index contributed by atoms with van der Waals surface area (Å²) < 4.78 is 0. The molecular formula is C23H20Cl2N6OS. The second-order valence-corrected chi connectivity index (χ2v) is 9.47. The van der Waals surface area contributed by atoms with Crippen molar-refractivity contribution in [1.82, 2.24) is 10.4 Å². The third kappa shape index (κ3) is 3.90. The summed E-state index contributed by atoms with van der Waals surface area (Å²) in [6, 6.07) is 11.1. The molecule has 1 aliphatic rings. The number of hydrogen-bond acceptors (Lipinski definition) is 7. The molecule has 1 atom stereocenters. The largest absolute Gasteiger partial charge is 0.340 e. The molecule has 0 fully saturated rings. The Balaban J connectivity index is 1.51. The summed E-state index contributed by atoms with van der Waals surface area (Å²) in [4.78, 5) is 18.7. The second-order valence-electron chi connectivity index (χ2n) is 7.75. The zero-order valence-electron chi connectivity index (χ0n) is 17.7. The van der Waals surface area contributed by atoms with E-state index < -0.39 is 0 Å². The van der Waals surface area contributed by atoms with Gasteiger partial charge in [0, 0.05) is 35.1 Å². The van der Waals surface area contributed by atoms with Crippen molar-refractivity contribution in [2.45, 2.75) is 13.1 Å². The smallest absolute Gasteiger partial charge is 0.258 e. The first-order valence-corrected chi connectivity index (χ1v) is 11.8. The number of nitrogens with zero attached hydrogens (tertiary/aromatic N) is 2. The Hall–Kier alpha value is -2.88. The third-order valence-electron chi connectivity index (χ3n) is 5.56. The molecule has 7 nitrogen and oxygen atoms in total. The molecule has 3 heterocycles. The number of hydrogen-bond donors (Lipinski definition) is 4. The Bertz CT molecular complexity index is 1410. The van der Waals surface area contributed by atoms with Gasteiger partial charge in [-0.3, -0.25) is 4.79 Å². The molecule has 0 radical (unpaired) electrons. The van der Waals surface area contributed by atoms with Gasteiger partial charge in [-0.15, -0.1) is 11.3 Å². The number of amides is 1. The summed E-state index contributed by atoms with van der Waals surface area (Å²) in [6.07, 6.45) is 1.40. The van der Waals surface area contributed by atoms with Crippen molar-refractivity contribution in [3.8, 4) is 0 Å². The van der Waals surface area contributed by atoms with Gasteiger partial charge in [-0.05, 0) is 36.8 Å². The maximum Gasteiger partial charge on any atom is 0.258 e. The number of carbonyl (C=O) groups excluding carboxylic acids is 1. The van der Waals surface area contributed by atoms with Crippen LogP contribution in [0.3, 0.4) is 0 Å². The molecule has 0 spiro atoms. The van der Waals surface area contributed by atoms with Gasteiger partial charge in [0.1, 0.15) is 12.0 Å². The molecule has 4 aromatic rings. The fourth-order valence-corrected chi connectivity index (χ4v) is 5.27. The number of aromatic nitrogens is 1. The van der Waals surface area contributed by atoms with Crippen molar-refractivity contribution in [2.24, 2.45) is 5.73 Å². The molecule has 5 N–H and O–H groups in total. The predicted octanol–water partition coefficient (Wildman–Crippen LogP) is 5.82. The van der Waals surface area contributed by atoms with Crippen molar-refractivity contribution in [3.05, 3.63) is 74.0 Å². The molecule has 168 valence electrons. The van der Waals surface area contributed by atoms with Gasteiger partial charge >= 0.3 is 0 Å². The fraction of sp³-hybridized carbons (Fsp3) is 0.130. The molecule has 1 amide bonds. The zero-order chi connectivity index (χ0) is 23.3. The van der Waals surface area contributed by atoms with E-state index in [-0.39, 0.29) is 12.1 Å². The lowest BCUT2D eigenvalue weighted by Gasteiger charge is -2.17. The predicted molar refractivity (Wildman–Crippen MR) is 137 cm³/mol. The zero-order valence-corrected chi connectivity index (χ0v) is 20.1. The normalized spacial score (nSPS) is 15.1. The van der Waals surface area contributed by atoms with Crippen LogP contribution in [0, 0.1) is 6.92 Å². The average molecular weight is 499 g/mol. The minimum Gasteiger partial charge on any atom is -0.340 e. The van der Waals surface area contributed by atoms with Crippen molar-refractivity contribution >= 4 is 74.1 Å². The van der Waals surface area contributed by atoms with E-state index in [4.69, 9.17) is 28.9 Å². The molecule has 2 aromatic carbocycles. The summed E-state index contributed by atoms with van der Waals surface area (Å²) in [5, 5.41) is 12.7. The molecule has 1 unspecified atom stereocenters. The summed E-state index contributed by atoms with van der Waals surface area (Å²) in [5.41, 5.74) is 13.0. The van der Waals surface area contributed by atoms with Crippen LogP contribution in [0.4, 0.5) is 22.9 Å². The SMILES string of the molecule is Cc1ccc2c(Nc3ccc(Cl)c(Cl)c3)nccc2c1NC(=O)c1csc2c1N(C)NC2N. The molecule has 0 aliphatic carbocycles. The first-order chi connectivity index (χ1) is 15.8. The van der Waals surface area contributed by atoms with E-state index in [2.05, 4.69) is 21.0 Å². The number of aryl methyl sites for hydroxylation is 1. The molecular weight excluding hydrogens is 479 g/mol. The van der Waals surface area contributed by atoms with Gasteiger partial charge in [0.25, 0.3) is 5.91 Å². The van der Waals surface area contributed by atoms with E-state index >= 15 is 0 Å². The number of carbonyl (C=O) groups is 1. The summed E-state index contributed by atoms with van der Waals surface area (Å²) in [6.45, 7) is 1.96. The molecule has 10 heteroatoms. The van der Waals surface area contributed by atoms with Crippen LogP contribution in [0.25, 0.3) is 10.8 Å². The van der Waals surface area contributed by atoms with E-state index in [0.717, 1.165) is 38.3 Å². The van der Waals surface area contributed by atoms with Gasteiger partial charge in [-0.25, -0.2) is 10.4 Å². The lowest BCUT2D eigenvalue weighted by molar-refractivity contribution is 0.102. The molecule has 2 aromatic heterocycles. The molecule has 0 saturated carbocycles. The monoisotopic (exact) mass is 498 g/mol. The Morgan fingerprint density at radius 2 is 2.00 bits per heavy atom. The lowest BCUT2D eigenvalue weighted by atomic mass is 10.0. The fourth-order valence-electron chi connectivity index (χ4n) is 3.95. The van der Waals surface area contributed by atoms with E-state index in [0.29, 0.717) is 21.4 Å². The quantitative estimate of drug-likeness (QED) is 0.283. The maximum absolute atomic E-state index is 13.3. The summed E-state index contributed by atoms with van der Waals surface area (Å²) >= 11 is 13.7. The third-order valence-corrected chi connectivity index (χ3v) is 7.36. The minimum absolute atomic E-state index is 0.193. The number of hydrazine groups is 1. The number of thiophene rings is 1. The van der Waals surface area contributed by atoms with Gasteiger partial charge in [-0.2, -0.15) is 0 Å². The molecule has 0 saturated heterocycles. The lowest BCUT2D eigenvalue weighted by Crippen LogP contribution is -2.34. The number of nitrogens with two attached hydrogens (primary N) is 1. The highest BCUT2D eigenvalue weighted by molar-refractivity contribution is 7.11. The van der Waals surface area contributed by atoms with Crippen LogP contribution in [0.2, 0.25) is 10.0 Å². The van der Waals surface area contributed by atoms with Crippen LogP contribution in [0.15, 0.2) is 48.0 Å². The first-order valence-electron chi connectivity index (χ1n) is 10.1. The van der Waals surface area contributed by atoms with Crippen molar-refractivity contribution in [2.75, 3.05) is 22.7 Å². The van der Waals surface area contributed by atoms with Crippen molar-refractivity contribution in [3.63, 3.8) is 0 Å². The average Bonchev–Trinajstić information content (AvgIpc) is 3.35. The summed E-state index contributed by atoms with van der Waals surface area (Å²) in [5.74, 6) is 0.453. The van der Waals surface area contributed by atoms with Crippen LogP contribution in [0.1, 0.15) is 27.0 Å². The van der Waals surface area contributed by atoms with Crippen LogP contribution < -0.4 is 26.8 Å². The number of nitrogens with one attached hydrogen (secondary N) is 3. The van der Waals surface area contributed by atoms with E-state index in [1.807, 2.05) is 43.6 Å². The van der Waals surface area contributed by atoms with Crippen LogP contribution in [-0.2, 0) is 0 Å². The standard InChI is InChI=1S/C23H20Cl2N6OS/c1-11-3-5-14-13(7-8-27-22(14)28-12-4-6-16(24)17(25)9-12)18(11)29-23(32)15-10-33-20-19(15)31(2)30-21(20)26/h3-10,21,30H,26H2,1-2H3,(H,27,28)(H,29,32). The van der Waals surface area contributed by atoms with Crippen LogP contribution in [-0.4, -0.2) is 17.9 Å². The molecule has 0 bridgehead atoms. The van der Waals surface area contributed by atoms with Gasteiger partial charge in [-0.1, -0.05) is 35.3 Å². The van der Waals surface area contributed by atoms with Gasteiger partial charge in [0.15, 0.2) is 0 Å². The topological polar surface area (TPSA) is 95.3 Å². The van der Waals surface area contributed by atoms with Gasteiger partial charge in [0.05, 0.1) is 31.9 Å². The van der Waals surface area contributed by atoms with Gasteiger partial charge in [0.2, 0.25) is 0 Å². The maximum atomic E-state index is 13.3. The number of rotatable bonds is 4. The molecule has 5 rings (SSSR count). The number of anilines is 4. The molecule has 1 aliphatic heterocycles. The highest BCUT2D eigenvalue weighted by Crippen LogP contribution is 2.39. The number of fused-ring (bicyclic) bond motifs is 2. The Morgan fingerprint density at radius 3 is 2.79 bits per heavy atom. The highest BCUT2D eigenvalue weighted by Gasteiger charge is 2.30. The summed E-state index contributed by atoms with van der Waals surface area (Å²) in [7, 11) is 1.85. The number of halogens is 2. The van der Waals surface area contributed by atoms with Crippen molar-refractivity contribution in [1.29, 1.82) is 0 Å². The van der Waals surface area contributed by atoms with Crippen LogP contribution in [0.5, 0.6) is 0 Å². The van der Waals surface area contributed by atoms with Crippen molar-refractivity contribution < 1.29 is 4.79 Å². The number of benzene rings is 2. The van der Waals surface area contributed by atoms with Gasteiger partial charge < -0.3 is 21.4 Å². The van der Waals surface area contributed by atoms with E-state index in [1.54, 1.807) is 23.3 Å². The highest BCUT2D eigenvalue weighted by atomic mass is 35.5. The Kier molecular flexibility index (Phi) is 5.64. The first kappa shape index (κ1) is 21.9. The Morgan fingerprint density at radius 1 is 1.18 bits per heavy atom. The second kappa shape index (κ2) is 8.48. The number of pyridine rings is 1. The Labute approximate surface area is 204 Å². The van der Waals surface area contributed by atoms with E-state index in [9.17, 15) is 4.79 Å². The van der Waals surface area contributed by atoms with Crippen LogP contribution >= 0.6 is 34.5 Å².